The third kappa shape index (κ3) is 4.15. The van der Waals surface area contributed by atoms with Crippen LogP contribution >= 0.6 is 0 Å². The zero-order chi connectivity index (χ0) is 13.4. The van der Waals surface area contributed by atoms with E-state index in [0.717, 1.165) is 24.8 Å². The molecule has 0 saturated heterocycles. The summed E-state index contributed by atoms with van der Waals surface area (Å²) in [4.78, 5) is 11.8. The van der Waals surface area contributed by atoms with Crippen molar-refractivity contribution in [3.8, 4) is 0 Å². The van der Waals surface area contributed by atoms with Gasteiger partial charge in [-0.15, -0.1) is 0 Å². The number of aliphatic hydroxyl groups is 1. The van der Waals surface area contributed by atoms with Crippen LogP contribution in [0.5, 0.6) is 0 Å². The van der Waals surface area contributed by atoms with Crippen molar-refractivity contribution in [1.29, 1.82) is 0 Å². The van der Waals surface area contributed by atoms with Crippen molar-refractivity contribution in [2.45, 2.75) is 44.6 Å². The maximum Gasteiger partial charge on any atom is 0.315 e. The predicted molar refractivity (Wildman–Crippen MR) is 71.3 cm³/mol. The molecular formula is C15H22O3. The smallest absolute Gasteiger partial charge is 0.315 e. The first-order chi connectivity index (χ1) is 8.70. The van der Waals surface area contributed by atoms with Crippen LogP contribution in [-0.2, 0) is 9.53 Å². The average molecular weight is 250 g/mol. The summed E-state index contributed by atoms with van der Waals surface area (Å²) in [5.41, 5.74) is 0.813. The number of aliphatic hydroxyl groups excluding tert-OH is 1. The summed E-state index contributed by atoms with van der Waals surface area (Å²) in [5, 5.41) is 10.2. The van der Waals surface area contributed by atoms with Crippen molar-refractivity contribution in [3.63, 3.8) is 0 Å². The zero-order valence-corrected chi connectivity index (χ0v) is 11.1. The van der Waals surface area contributed by atoms with Crippen LogP contribution < -0.4 is 0 Å². The quantitative estimate of drug-likeness (QED) is 0.598. The molecule has 0 fully saturated rings. The number of benzene rings is 1. The molecule has 0 aliphatic heterocycles. The van der Waals surface area contributed by atoms with Gasteiger partial charge in [0.2, 0.25) is 0 Å². The molecular weight excluding hydrogens is 228 g/mol. The minimum Gasteiger partial charge on any atom is -0.468 e. The predicted octanol–water partition coefficient (Wildman–Crippen LogP) is 2.88. The van der Waals surface area contributed by atoms with Gasteiger partial charge in [0, 0.05) is 0 Å². The molecule has 0 aliphatic rings. The van der Waals surface area contributed by atoms with Gasteiger partial charge in [-0.2, -0.15) is 0 Å². The number of methoxy groups -OCH3 is 1. The van der Waals surface area contributed by atoms with Gasteiger partial charge in [-0.3, -0.25) is 4.79 Å². The lowest BCUT2D eigenvalue weighted by molar-refractivity contribution is -0.145. The van der Waals surface area contributed by atoms with E-state index in [2.05, 4.69) is 6.92 Å². The van der Waals surface area contributed by atoms with E-state index in [1.165, 1.54) is 7.11 Å². The van der Waals surface area contributed by atoms with Crippen molar-refractivity contribution in [3.05, 3.63) is 35.9 Å². The van der Waals surface area contributed by atoms with E-state index >= 15 is 0 Å². The Kier molecular flexibility index (Phi) is 6.44. The highest BCUT2D eigenvalue weighted by Crippen LogP contribution is 2.24. The van der Waals surface area contributed by atoms with Crippen molar-refractivity contribution in [2.24, 2.45) is 0 Å². The molecule has 0 radical (unpaired) electrons. The molecule has 2 atom stereocenters. The molecule has 2 unspecified atom stereocenters. The largest absolute Gasteiger partial charge is 0.468 e. The van der Waals surface area contributed by atoms with Crippen LogP contribution in [0.2, 0.25) is 0 Å². The van der Waals surface area contributed by atoms with Crippen LogP contribution in [0.25, 0.3) is 0 Å². The molecule has 1 aromatic carbocycles. The molecule has 100 valence electrons. The fraction of sp³-hybridized carbons (Fsp3) is 0.533. The molecule has 1 aromatic rings. The molecule has 0 heterocycles. The topological polar surface area (TPSA) is 46.5 Å². The Bertz CT molecular complexity index is 348. The number of carbonyl (C=O) groups is 1. The fourth-order valence-corrected chi connectivity index (χ4v) is 2.07. The second kappa shape index (κ2) is 7.88. The Morgan fingerprint density at radius 1 is 1.28 bits per heavy atom. The van der Waals surface area contributed by atoms with Gasteiger partial charge in [-0.05, 0) is 12.0 Å². The lowest BCUT2D eigenvalue weighted by Gasteiger charge is -2.21. The molecule has 0 spiro atoms. The first kappa shape index (κ1) is 14.7. The number of ether oxygens (including phenoxy) is 1. The zero-order valence-electron chi connectivity index (χ0n) is 11.1. The van der Waals surface area contributed by atoms with Gasteiger partial charge in [0.15, 0.2) is 0 Å². The van der Waals surface area contributed by atoms with Crippen molar-refractivity contribution < 1.29 is 14.6 Å². The standard InChI is InChI=1S/C15H22O3/c1-3-4-6-11-13(16)14(15(17)18-2)12-9-7-5-8-10-12/h5,7-10,13-14,16H,3-4,6,11H2,1-2H3. The van der Waals surface area contributed by atoms with E-state index in [1.54, 1.807) is 0 Å². The molecule has 1 N–H and O–H groups in total. The Balaban J connectivity index is 2.76. The second-order valence-corrected chi connectivity index (χ2v) is 4.47. The van der Waals surface area contributed by atoms with Gasteiger partial charge in [-0.1, -0.05) is 56.5 Å². The maximum atomic E-state index is 11.8. The van der Waals surface area contributed by atoms with E-state index in [0.29, 0.717) is 6.42 Å². The highest BCUT2D eigenvalue weighted by atomic mass is 16.5. The minimum absolute atomic E-state index is 0.370. The van der Waals surface area contributed by atoms with Crippen molar-refractivity contribution in [2.75, 3.05) is 7.11 Å². The fourth-order valence-electron chi connectivity index (χ4n) is 2.07. The molecule has 3 heteroatoms. The van der Waals surface area contributed by atoms with Crippen LogP contribution in [0.1, 0.15) is 44.1 Å². The van der Waals surface area contributed by atoms with E-state index in [-0.39, 0.29) is 5.97 Å². The van der Waals surface area contributed by atoms with E-state index < -0.39 is 12.0 Å². The van der Waals surface area contributed by atoms with E-state index in [9.17, 15) is 9.90 Å². The summed E-state index contributed by atoms with van der Waals surface area (Å²) < 4.78 is 4.80. The Morgan fingerprint density at radius 3 is 2.50 bits per heavy atom. The molecule has 3 nitrogen and oxygen atoms in total. The van der Waals surface area contributed by atoms with E-state index in [1.807, 2.05) is 30.3 Å². The number of carbonyl (C=O) groups excluding carboxylic acids is 1. The van der Waals surface area contributed by atoms with Gasteiger partial charge in [0.05, 0.1) is 13.2 Å². The molecule has 1 rings (SSSR count). The number of esters is 1. The first-order valence-corrected chi connectivity index (χ1v) is 6.51. The summed E-state index contributed by atoms with van der Waals surface area (Å²) in [7, 11) is 1.36. The average Bonchev–Trinajstić information content (AvgIpc) is 2.40. The second-order valence-electron chi connectivity index (χ2n) is 4.47. The molecule has 0 bridgehead atoms. The number of rotatable bonds is 7. The van der Waals surface area contributed by atoms with Crippen molar-refractivity contribution in [1.82, 2.24) is 0 Å². The number of unbranched alkanes of at least 4 members (excludes halogenated alkanes) is 2. The number of hydrogen-bond donors (Lipinski definition) is 1. The normalized spacial score (nSPS) is 13.9. The molecule has 0 aliphatic carbocycles. The Hall–Kier alpha value is -1.35. The van der Waals surface area contributed by atoms with Crippen LogP contribution in [0.4, 0.5) is 0 Å². The SMILES string of the molecule is CCCCCC(O)C(C(=O)OC)c1ccccc1. The van der Waals surface area contributed by atoms with Gasteiger partial charge in [-0.25, -0.2) is 0 Å². The highest BCUT2D eigenvalue weighted by molar-refractivity contribution is 5.78. The van der Waals surface area contributed by atoms with Crippen LogP contribution in [0, 0.1) is 0 Å². The van der Waals surface area contributed by atoms with Gasteiger partial charge < -0.3 is 9.84 Å². The lowest BCUT2D eigenvalue weighted by Crippen LogP contribution is -2.27. The molecule has 0 amide bonds. The molecule has 18 heavy (non-hydrogen) atoms. The van der Waals surface area contributed by atoms with Crippen molar-refractivity contribution >= 4 is 5.97 Å². The number of hydrogen-bond acceptors (Lipinski definition) is 3. The monoisotopic (exact) mass is 250 g/mol. The molecule has 0 saturated carbocycles. The maximum absolute atomic E-state index is 11.8. The van der Waals surface area contributed by atoms with Crippen LogP contribution in [0.3, 0.4) is 0 Å². The minimum atomic E-state index is -0.675. The van der Waals surface area contributed by atoms with Crippen LogP contribution in [0.15, 0.2) is 30.3 Å². The van der Waals surface area contributed by atoms with Gasteiger partial charge in [0.1, 0.15) is 5.92 Å². The van der Waals surface area contributed by atoms with Gasteiger partial charge >= 0.3 is 5.97 Å². The Morgan fingerprint density at radius 2 is 1.94 bits per heavy atom. The highest BCUT2D eigenvalue weighted by Gasteiger charge is 2.28. The lowest BCUT2D eigenvalue weighted by atomic mass is 9.90. The Labute approximate surface area is 109 Å². The molecule has 0 aromatic heterocycles. The summed E-state index contributed by atoms with van der Waals surface area (Å²) in [6.07, 6.45) is 3.05. The first-order valence-electron chi connectivity index (χ1n) is 6.51. The summed E-state index contributed by atoms with van der Waals surface area (Å²) in [6, 6.07) is 9.32. The summed E-state index contributed by atoms with van der Waals surface area (Å²) >= 11 is 0. The van der Waals surface area contributed by atoms with Gasteiger partial charge in [0.25, 0.3) is 0 Å². The summed E-state index contributed by atoms with van der Waals surface area (Å²) in [6.45, 7) is 2.11. The third-order valence-electron chi connectivity index (χ3n) is 3.10. The third-order valence-corrected chi connectivity index (χ3v) is 3.10. The summed E-state index contributed by atoms with van der Waals surface area (Å²) in [5.74, 6) is -0.946. The van der Waals surface area contributed by atoms with Crippen LogP contribution in [-0.4, -0.2) is 24.3 Å². The van der Waals surface area contributed by atoms with E-state index in [4.69, 9.17) is 4.74 Å².